The molecule has 2 aromatic rings. The Kier molecular flexibility index (Phi) is 4.01. The summed E-state index contributed by atoms with van der Waals surface area (Å²) in [5.41, 5.74) is 2.47. The Balaban J connectivity index is 1.79. The van der Waals surface area contributed by atoms with E-state index in [0.29, 0.717) is 0 Å². The minimum Gasteiger partial charge on any atom is -0.452 e. The van der Waals surface area contributed by atoms with Gasteiger partial charge in [0, 0.05) is 13.1 Å². The SMILES string of the molecule is CC(Nc1ccccc1N1CCCC1)c1ccc(Br)o1. The first-order valence-electron chi connectivity index (χ1n) is 7.10. The van der Waals surface area contributed by atoms with Crippen molar-refractivity contribution < 1.29 is 4.42 Å². The number of benzene rings is 1. The van der Waals surface area contributed by atoms with E-state index in [9.17, 15) is 0 Å². The second-order valence-corrected chi connectivity index (χ2v) is 6.00. The van der Waals surface area contributed by atoms with Crippen molar-refractivity contribution in [3.63, 3.8) is 0 Å². The molecule has 1 aromatic heterocycles. The topological polar surface area (TPSA) is 28.4 Å². The van der Waals surface area contributed by atoms with Crippen LogP contribution in [-0.2, 0) is 0 Å². The number of hydrogen-bond donors (Lipinski definition) is 1. The number of rotatable bonds is 4. The van der Waals surface area contributed by atoms with Crippen molar-refractivity contribution in [3.8, 4) is 0 Å². The van der Waals surface area contributed by atoms with Crippen LogP contribution < -0.4 is 10.2 Å². The van der Waals surface area contributed by atoms with Gasteiger partial charge in [-0.25, -0.2) is 0 Å². The molecule has 0 saturated carbocycles. The maximum atomic E-state index is 5.62. The van der Waals surface area contributed by atoms with Gasteiger partial charge in [0.1, 0.15) is 5.76 Å². The number of nitrogens with zero attached hydrogens (tertiary/aromatic N) is 1. The van der Waals surface area contributed by atoms with Gasteiger partial charge < -0.3 is 14.6 Å². The molecular formula is C16H19BrN2O. The fraction of sp³-hybridized carbons (Fsp3) is 0.375. The van der Waals surface area contributed by atoms with E-state index >= 15 is 0 Å². The molecule has 106 valence electrons. The van der Waals surface area contributed by atoms with E-state index in [-0.39, 0.29) is 6.04 Å². The Morgan fingerprint density at radius 3 is 2.60 bits per heavy atom. The summed E-state index contributed by atoms with van der Waals surface area (Å²) in [5.74, 6) is 0.938. The molecule has 1 fully saturated rings. The summed E-state index contributed by atoms with van der Waals surface area (Å²) < 4.78 is 6.40. The standard InChI is InChI=1S/C16H19BrN2O/c1-12(15-8-9-16(17)20-15)18-13-6-2-3-7-14(13)19-10-4-5-11-19/h2-3,6-9,12,18H,4-5,10-11H2,1H3. The van der Waals surface area contributed by atoms with Crippen molar-refractivity contribution in [1.82, 2.24) is 0 Å². The molecule has 1 saturated heterocycles. The number of hydrogen-bond acceptors (Lipinski definition) is 3. The van der Waals surface area contributed by atoms with Crippen LogP contribution in [0.1, 0.15) is 31.6 Å². The maximum Gasteiger partial charge on any atom is 0.169 e. The van der Waals surface area contributed by atoms with Gasteiger partial charge in [0.2, 0.25) is 0 Å². The molecule has 2 heterocycles. The van der Waals surface area contributed by atoms with Crippen molar-refractivity contribution in [3.05, 3.63) is 46.8 Å². The molecule has 1 atom stereocenters. The van der Waals surface area contributed by atoms with Crippen molar-refractivity contribution in [1.29, 1.82) is 0 Å². The van der Waals surface area contributed by atoms with Gasteiger partial charge in [-0.05, 0) is 60.0 Å². The van der Waals surface area contributed by atoms with Crippen LogP contribution in [-0.4, -0.2) is 13.1 Å². The normalized spacial score (nSPS) is 16.4. The van der Waals surface area contributed by atoms with E-state index in [1.165, 1.54) is 24.2 Å². The first-order chi connectivity index (χ1) is 9.74. The number of para-hydroxylation sites is 2. The molecular weight excluding hydrogens is 316 g/mol. The summed E-state index contributed by atoms with van der Waals surface area (Å²) in [4.78, 5) is 2.45. The van der Waals surface area contributed by atoms with E-state index in [1.54, 1.807) is 0 Å². The van der Waals surface area contributed by atoms with Crippen LogP contribution in [0.5, 0.6) is 0 Å². The third-order valence-electron chi connectivity index (χ3n) is 3.74. The molecule has 1 aliphatic rings. The van der Waals surface area contributed by atoms with Crippen molar-refractivity contribution in [2.24, 2.45) is 0 Å². The molecule has 1 aromatic carbocycles. The predicted molar refractivity (Wildman–Crippen MR) is 86.3 cm³/mol. The Morgan fingerprint density at radius 1 is 1.15 bits per heavy atom. The van der Waals surface area contributed by atoms with Crippen LogP contribution in [0.15, 0.2) is 45.5 Å². The summed E-state index contributed by atoms with van der Waals surface area (Å²) in [7, 11) is 0. The Bertz CT molecular complexity index is 575. The quantitative estimate of drug-likeness (QED) is 0.869. The second-order valence-electron chi connectivity index (χ2n) is 5.22. The average molecular weight is 335 g/mol. The van der Waals surface area contributed by atoms with Gasteiger partial charge in [-0.2, -0.15) is 0 Å². The number of halogens is 1. The van der Waals surface area contributed by atoms with Crippen molar-refractivity contribution >= 4 is 27.3 Å². The van der Waals surface area contributed by atoms with Crippen molar-refractivity contribution in [2.45, 2.75) is 25.8 Å². The van der Waals surface area contributed by atoms with Crippen molar-refractivity contribution in [2.75, 3.05) is 23.3 Å². The van der Waals surface area contributed by atoms with Gasteiger partial charge in [-0.1, -0.05) is 12.1 Å². The van der Waals surface area contributed by atoms with Gasteiger partial charge in [0.05, 0.1) is 17.4 Å². The Hall–Kier alpha value is -1.42. The van der Waals surface area contributed by atoms with Gasteiger partial charge >= 0.3 is 0 Å². The summed E-state index contributed by atoms with van der Waals surface area (Å²) in [6.07, 6.45) is 2.57. The maximum absolute atomic E-state index is 5.62. The highest BCUT2D eigenvalue weighted by Crippen LogP contribution is 2.32. The van der Waals surface area contributed by atoms with Gasteiger partial charge in [-0.15, -0.1) is 0 Å². The first-order valence-corrected chi connectivity index (χ1v) is 7.89. The fourth-order valence-corrected chi connectivity index (χ4v) is 3.01. The summed E-state index contributed by atoms with van der Waals surface area (Å²) in [5, 5.41) is 3.56. The number of anilines is 2. The molecule has 0 aliphatic carbocycles. The number of nitrogens with one attached hydrogen (secondary N) is 1. The lowest BCUT2D eigenvalue weighted by Crippen LogP contribution is -2.19. The Morgan fingerprint density at radius 2 is 1.90 bits per heavy atom. The molecule has 4 heteroatoms. The van der Waals surface area contributed by atoms with Gasteiger partial charge in [0.25, 0.3) is 0 Å². The number of furan rings is 1. The minimum absolute atomic E-state index is 0.144. The molecule has 3 nitrogen and oxygen atoms in total. The highest BCUT2D eigenvalue weighted by molar-refractivity contribution is 9.10. The molecule has 0 radical (unpaired) electrons. The van der Waals surface area contributed by atoms with E-state index in [2.05, 4.69) is 57.3 Å². The molecule has 1 aliphatic heterocycles. The molecule has 0 bridgehead atoms. The van der Waals surface area contributed by atoms with Crippen LogP contribution in [0.4, 0.5) is 11.4 Å². The van der Waals surface area contributed by atoms with Crippen LogP contribution >= 0.6 is 15.9 Å². The third-order valence-corrected chi connectivity index (χ3v) is 4.17. The monoisotopic (exact) mass is 334 g/mol. The highest BCUT2D eigenvalue weighted by atomic mass is 79.9. The molecule has 0 amide bonds. The lowest BCUT2D eigenvalue weighted by atomic mass is 10.2. The van der Waals surface area contributed by atoms with Crippen LogP contribution in [0.3, 0.4) is 0 Å². The van der Waals surface area contributed by atoms with Crippen LogP contribution in [0.25, 0.3) is 0 Å². The third kappa shape index (κ3) is 2.85. The van der Waals surface area contributed by atoms with Gasteiger partial charge in [0.15, 0.2) is 4.67 Å². The molecule has 1 unspecified atom stereocenters. The Labute approximate surface area is 128 Å². The zero-order chi connectivity index (χ0) is 13.9. The van der Waals surface area contributed by atoms with E-state index < -0.39 is 0 Å². The van der Waals surface area contributed by atoms with Gasteiger partial charge in [-0.3, -0.25) is 0 Å². The predicted octanol–water partition coefficient (Wildman–Crippen LogP) is 4.82. The van der Waals surface area contributed by atoms with E-state index in [0.717, 1.165) is 23.5 Å². The first kappa shape index (κ1) is 13.6. The molecule has 1 N–H and O–H groups in total. The van der Waals surface area contributed by atoms with Crippen LogP contribution in [0.2, 0.25) is 0 Å². The zero-order valence-electron chi connectivity index (χ0n) is 11.6. The molecule has 0 spiro atoms. The minimum atomic E-state index is 0.144. The summed E-state index contributed by atoms with van der Waals surface area (Å²) >= 11 is 3.35. The average Bonchev–Trinajstić information content (AvgIpc) is 3.10. The molecule has 3 rings (SSSR count). The lowest BCUT2D eigenvalue weighted by molar-refractivity contribution is 0.471. The van der Waals surface area contributed by atoms with E-state index in [1.807, 2.05) is 12.1 Å². The highest BCUT2D eigenvalue weighted by Gasteiger charge is 2.17. The second kappa shape index (κ2) is 5.92. The van der Waals surface area contributed by atoms with Crippen LogP contribution in [0, 0.1) is 0 Å². The summed E-state index contributed by atoms with van der Waals surface area (Å²) in [6, 6.07) is 12.6. The zero-order valence-corrected chi connectivity index (χ0v) is 13.2. The van der Waals surface area contributed by atoms with E-state index in [4.69, 9.17) is 4.42 Å². The smallest absolute Gasteiger partial charge is 0.169 e. The fourth-order valence-electron chi connectivity index (χ4n) is 2.69. The lowest BCUT2D eigenvalue weighted by Gasteiger charge is -2.23. The largest absolute Gasteiger partial charge is 0.452 e. The molecule has 20 heavy (non-hydrogen) atoms. The summed E-state index contributed by atoms with van der Waals surface area (Å²) in [6.45, 7) is 4.42.